The summed E-state index contributed by atoms with van der Waals surface area (Å²) in [6.07, 6.45) is 7.80. The molecule has 4 atom stereocenters. The van der Waals surface area contributed by atoms with Gasteiger partial charge in [-0.3, -0.25) is 4.79 Å². The van der Waals surface area contributed by atoms with Crippen molar-refractivity contribution in [2.45, 2.75) is 75.1 Å². The molecule has 2 bridgehead atoms. The van der Waals surface area contributed by atoms with Gasteiger partial charge in [-0.25, -0.2) is 4.39 Å². The SMILES string of the molecule is C=CC(=O)N1C2CCC1CN(c1nc(OC[C@@H]3CCCN3C)nc3c1CCC1(COCc4cccc(F)c41)C3)C2. The molecule has 4 aliphatic heterocycles. The number of likely N-dealkylation sites (tertiary alicyclic amines) is 1. The van der Waals surface area contributed by atoms with E-state index in [0.29, 0.717) is 38.3 Å². The highest BCUT2D eigenvalue weighted by molar-refractivity contribution is 5.88. The largest absolute Gasteiger partial charge is 0.462 e. The zero-order chi connectivity index (χ0) is 27.4. The number of hydrogen-bond acceptors (Lipinski definition) is 7. The van der Waals surface area contributed by atoms with Gasteiger partial charge in [0.2, 0.25) is 5.91 Å². The maximum absolute atomic E-state index is 15.3. The predicted octanol–water partition coefficient (Wildman–Crippen LogP) is 3.41. The Balaban J connectivity index is 1.24. The van der Waals surface area contributed by atoms with Crippen LogP contribution in [-0.2, 0) is 34.4 Å². The Bertz CT molecular complexity index is 1320. The van der Waals surface area contributed by atoms with Crippen molar-refractivity contribution in [3.05, 3.63) is 59.1 Å². The van der Waals surface area contributed by atoms with E-state index in [0.717, 1.165) is 79.9 Å². The summed E-state index contributed by atoms with van der Waals surface area (Å²) in [5, 5.41) is 0. The second-order valence-corrected chi connectivity index (χ2v) is 12.3. The predicted molar refractivity (Wildman–Crippen MR) is 149 cm³/mol. The van der Waals surface area contributed by atoms with Crippen LogP contribution in [0.25, 0.3) is 0 Å². The van der Waals surface area contributed by atoms with E-state index < -0.39 is 5.41 Å². The fourth-order valence-electron chi connectivity index (χ4n) is 7.95. The Kier molecular flexibility index (Phi) is 6.54. The van der Waals surface area contributed by atoms with Crippen molar-refractivity contribution in [1.29, 1.82) is 0 Å². The van der Waals surface area contributed by atoms with Crippen molar-refractivity contribution < 1.29 is 18.7 Å². The van der Waals surface area contributed by atoms with Crippen LogP contribution in [-0.4, -0.2) is 83.7 Å². The molecule has 7 rings (SSSR count). The van der Waals surface area contributed by atoms with Gasteiger partial charge in [0.1, 0.15) is 18.2 Å². The van der Waals surface area contributed by atoms with E-state index >= 15 is 4.39 Å². The van der Waals surface area contributed by atoms with Crippen LogP contribution in [0.15, 0.2) is 30.9 Å². The molecule has 0 saturated carbocycles. The van der Waals surface area contributed by atoms with Crippen LogP contribution in [0.2, 0.25) is 0 Å². The summed E-state index contributed by atoms with van der Waals surface area (Å²) in [5.41, 5.74) is 3.33. The van der Waals surface area contributed by atoms with Crippen LogP contribution >= 0.6 is 0 Å². The van der Waals surface area contributed by atoms with Crippen LogP contribution in [0.5, 0.6) is 6.01 Å². The van der Waals surface area contributed by atoms with Crippen LogP contribution in [0.1, 0.15) is 54.5 Å². The van der Waals surface area contributed by atoms with Gasteiger partial charge in [-0.1, -0.05) is 18.7 Å². The van der Waals surface area contributed by atoms with E-state index in [9.17, 15) is 4.79 Å². The molecule has 9 heteroatoms. The van der Waals surface area contributed by atoms with Gasteiger partial charge < -0.3 is 24.2 Å². The van der Waals surface area contributed by atoms with E-state index in [1.165, 1.54) is 12.5 Å². The van der Waals surface area contributed by atoms with E-state index in [-0.39, 0.29) is 23.8 Å². The Labute approximate surface area is 235 Å². The minimum absolute atomic E-state index is 0.0153. The highest BCUT2D eigenvalue weighted by Crippen LogP contribution is 2.46. The van der Waals surface area contributed by atoms with Crippen molar-refractivity contribution in [2.75, 3.05) is 44.8 Å². The van der Waals surface area contributed by atoms with Crippen molar-refractivity contribution >= 4 is 11.7 Å². The summed E-state index contributed by atoms with van der Waals surface area (Å²) in [7, 11) is 2.14. The average molecular weight is 548 g/mol. The molecule has 5 heterocycles. The molecular formula is C31H38FN5O3. The highest BCUT2D eigenvalue weighted by atomic mass is 19.1. The Hall–Kier alpha value is -3.04. The monoisotopic (exact) mass is 547 g/mol. The number of carbonyl (C=O) groups is 1. The molecule has 1 amide bonds. The molecule has 1 aliphatic carbocycles. The summed E-state index contributed by atoms with van der Waals surface area (Å²) in [5.74, 6) is 0.781. The van der Waals surface area contributed by atoms with Crippen LogP contribution in [0, 0.1) is 5.82 Å². The number of ether oxygens (including phenoxy) is 2. The van der Waals surface area contributed by atoms with E-state index in [1.54, 1.807) is 12.1 Å². The van der Waals surface area contributed by atoms with Crippen LogP contribution in [0.3, 0.4) is 0 Å². The number of hydrogen-bond donors (Lipinski definition) is 0. The molecule has 3 saturated heterocycles. The van der Waals surface area contributed by atoms with Gasteiger partial charge in [0.05, 0.1) is 18.9 Å². The molecular weight excluding hydrogens is 509 g/mol. The zero-order valence-corrected chi connectivity index (χ0v) is 23.3. The van der Waals surface area contributed by atoms with Crippen molar-refractivity contribution in [1.82, 2.24) is 19.8 Å². The second kappa shape index (κ2) is 10.1. The number of fused-ring (bicyclic) bond motifs is 5. The zero-order valence-electron chi connectivity index (χ0n) is 23.3. The number of piperazine rings is 1. The quantitative estimate of drug-likeness (QED) is 0.532. The average Bonchev–Trinajstić information content (AvgIpc) is 3.49. The molecule has 5 aliphatic rings. The smallest absolute Gasteiger partial charge is 0.318 e. The summed E-state index contributed by atoms with van der Waals surface area (Å²) >= 11 is 0. The van der Waals surface area contributed by atoms with E-state index in [4.69, 9.17) is 19.4 Å². The molecule has 3 unspecified atom stereocenters. The summed E-state index contributed by atoms with van der Waals surface area (Å²) in [6.45, 7) is 7.73. The van der Waals surface area contributed by atoms with Crippen molar-refractivity contribution in [2.24, 2.45) is 0 Å². The normalized spacial score (nSPS) is 29.4. The number of carbonyl (C=O) groups excluding carboxylic acids is 1. The minimum Gasteiger partial charge on any atom is -0.462 e. The van der Waals surface area contributed by atoms with E-state index in [1.807, 2.05) is 11.0 Å². The number of amides is 1. The first-order valence-corrected chi connectivity index (χ1v) is 14.7. The van der Waals surface area contributed by atoms with Crippen molar-refractivity contribution in [3.63, 3.8) is 0 Å². The lowest BCUT2D eigenvalue weighted by Crippen LogP contribution is -2.56. The van der Waals surface area contributed by atoms with Gasteiger partial charge in [-0.05, 0) is 69.8 Å². The maximum atomic E-state index is 15.3. The third-order valence-corrected chi connectivity index (χ3v) is 9.96. The van der Waals surface area contributed by atoms with Gasteiger partial charge in [0, 0.05) is 54.2 Å². The first-order valence-electron chi connectivity index (χ1n) is 14.7. The summed E-state index contributed by atoms with van der Waals surface area (Å²) in [4.78, 5) is 29.3. The number of nitrogens with zero attached hydrogens (tertiary/aromatic N) is 5. The number of benzene rings is 1. The summed E-state index contributed by atoms with van der Waals surface area (Å²) < 4.78 is 27.7. The first-order chi connectivity index (χ1) is 19.5. The molecule has 0 radical (unpaired) electrons. The molecule has 1 spiro atoms. The first kappa shape index (κ1) is 25.9. The number of likely N-dealkylation sites (N-methyl/N-ethyl adjacent to an activating group) is 1. The fraction of sp³-hybridized carbons (Fsp3) is 0.581. The maximum Gasteiger partial charge on any atom is 0.318 e. The van der Waals surface area contributed by atoms with Crippen LogP contribution < -0.4 is 9.64 Å². The lowest BCUT2D eigenvalue weighted by Gasteiger charge is -2.44. The number of halogens is 1. The molecule has 0 N–H and O–H groups in total. The van der Waals surface area contributed by atoms with E-state index in [2.05, 4.69) is 23.4 Å². The topological polar surface area (TPSA) is 71.0 Å². The Morgan fingerprint density at radius 3 is 2.83 bits per heavy atom. The fourth-order valence-corrected chi connectivity index (χ4v) is 7.95. The van der Waals surface area contributed by atoms with Crippen molar-refractivity contribution in [3.8, 4) is 6.01 Å². The molecule has 212 valence electrons. The number of rotatable bonds is 5. The number of aromatic nitrogens is 2. The Morgan fingerprint density at radius 1 is 1.25 bits per heavy atom. The van der Waals surface area contributed by atoms with Gasteiger partial charge in [-0.15, -0.1) is 0 Å². The third-order valence-electron chi connectivity index (χ3n) is 9.96. The standard InChI is InChI=1S/C31H38FN5O3/c1-3-27(38)37-21-9-10-22(37)16-36(15-21)29-24-11-12-31(19-39-17-20-6-4-8-25(32)28(20)31)14-26(24)33-30(34-29)40-18-23-7-5-13-35(23)2/h3-4,6,8,21-23H,1,5,7,9-19H2,2H3/t21?,22?,23-,31?/m0/s1. The molecule has 3 fully saturated rings. The molecule has 1 aromatic heterocycles. The molecule has 2 aromatic rings. The third kappa shape index (κ3) is 4.29. The summed E-state index contributed by atoms with van der Waals surface area (Å²) in [6, 6.07) is 6.36. The lowest BCUT2D eigenvalue weighted by molar-refractivity contribution is -0.129. The highest BCUT2D eigenvalue weighted by Gasteiger charge is 2.46. The molecule has 1 aromatic carbocycles. The number of anilines is 1. The second-order valence-electron chi connectivity index (χ2n) is 12.3. The Morgan fingerprint density at radius 2 is 2.08 bits per heavy atom. The van der Waals surface area contributed by atoms with Gasteiger partial charge in [-0.2, -0.15) is 9.97 Å². The lowest BCUT2D eigenvalue weighted by atomic mass is 9.67. The van der Waals surface area contributed by atoms with Gasteiger partial charge in [0.25, 0.3) is 0 Å². The molecule has 40 heavy (non-hydrogen) atoms. The minimum atomic E-state index is -0.450. The van der Waals surface area contributed by atoms with Gasteiger partial charge in [0.15, 0.2) is 0 Å². The molecule has 8 nitrogen and oxygen atoms in total. The van der Waals surface area contributed by atoms with Crippen LogP contribution in [0.4, 0.5) is 10.2 Å². The van der Waals surface area contributed by atoms with Gasteiger partial charge >= 0.3 is 6.01 Å².